The molecule has 0 amide bonds. The first-order chi connectivity index (χ1) is 8.63. The number of hydrogen-bond donors (Lipinski definition) is 1. The molecule has 18 heavy (non-hydrogen) atoms. The summed E-state index contributed by atoms with van der Waals surface area (Å²) >= 11 is 0. The summed E-state index contributed by atoms with van der Waals surface area (Å²) in [6.45, 7) is 3.32. The van der Waals surface area contributed by atoms with E-state index in [4.69, 9.17) is 9.47 Å². The molecular weight excluding hydrogens is 228 g/mol. The molecule has 1 aromatic rings. The molecule has 2 rings (SSSR count). The number of ether oxygens (including phenoxy) is 2. The number of rotatable bonds is 4. The van der Waals surface area contributed by atoms with Gasteiger partial charge in [-0.05, 0) is 32.5 Å². The lowest BCUT2D eigenvalue weighted by molar-refractivity contribution is 0.330. The van der Waals surface area contributed by atoms with Crippen molar-refractivity contribution in [2.45, 2.75) is 25.4 Å². The molecule has 0 bridgehead atoms. The van der Waals surface area contributed by atoms with Crippen molar-refractivity contribution in [3.05, 3.63) is 18.2 Å². The highest BCUT2D eigenvalue weighted by molar-refractivity contribution is 5.59. The molecule has 1 saturated heterocycles. The highest BCUT2D eigenvalue weighted by Crippen LogP contribution is 2.31. The maximum Gasteiger partial charge on any atom is 0.145 e. The number of likely N-dealkylation sites (tertiary alicyclic amines) is 1. The Morgan fingerprint density at radius 3 is 2.61 bits per heavy atom. The lowest BCUT2D eigenvalue weighted by Gasteiger charge is -2.17. The van der Waals surface area contributed by atoms with Crippen LogP contribution in [-0.4, -0.2) is 44.8 Å². The Kier molecular flexibility index (Phi) is 3.97. The largest absolute Gasteiger partial charge is 0.497 e. The van der Waals surface area contributed by atoms with E-state index in [2.05, 4.69) is 24.2 Å². The Labute approximate surface area is 109 Å². The summed E-state index contributed by atoms with van der Waals surface area (Å²) in [6.07, 6.45) is 1.16. The summed E-state index contributed by atoms with van der Waals surface area (Å²) in [4.78, 5) is 2.37. The van der Waals surface area contributed by atoms with Gasteiger partial charge in [0, 0.05) is 24.7 Å². The van der Waals surface area contributed by atoms with E-state index in [0.29, 0.717) is 12.1 Å². The van der Waals surface area contributed by atoms with Gasteiger partial charge in [0.2, 0.25) is 0 Å². The third-order valence-electron chi connectivity index (χ3n) is 3.65. The van der Waals surface area contributed by atoms with Gasteiger partial charge in [-0.3, -0.25) is 0 Å². The summed E-state index contributed by atoms with van der Waals surface area (Å²) in [6, 6.07) is 6.98. The maximum absolute atomic E-state index is 5.40. The Morgan fingerprint density at radius 2 is 2.06 bits per heavy atom. The molecule has 4 nitrogen and oxygen atoms in total. The monoisotopic (exact) mass is 250 g/mol. The predicted octanol–water partition coefficient (Wildman–Crippen LogP) is 2.21. The summed E-state index contributed by atoms with van der Waals surface area (Å²) in [5.74, 6) is 1.64. The molecule has 1 N–H and O–H groups in total. The fourth-order valence-electron chi connectivity index (χ4n) is 2.44. The molecule has 2 unspecified atom stereocenters. The standard InChI is InChI=1S/C14H22N2O2/c1-10-7-11(9-16(10)2)15-13-6-5-12(17-3)8-14(13)18-4/h5-6,8,10-11,15H,7,9H2,1-4H3. The lowest BCUT2D eigenvalue weighted by atomic mass is 10.1. The van der Waals surface area contributed by atoms with Crippen LogP contribution in [0.1, 0.15) is 13.3 Å². The number of anilines is 1. The van der Waals surface area contributed by atoms with Crippen LogP contribution in [0.2, 0.25) is 0 Å². The van der Waals surface area contributed by atoms with Crippen molar-refractivity contribution in [2.75, 3.05) is 33.1 Å². The summed E-state index contributed by atoms with van der Waals surface area (Å²) in [5.41, 5.74) is 1.03. The van der Waals surface area contributed by atoms with Crippen LogP contribution >= 0.6 is 0 Å². The van der Waals surface area contributed by atoms with Crippen molar-refractivity contribution in [1.82, 2.24) is 4.90 Å². The molecule has 0 aliphatic carbocycles. The van der Waals surface area contributed by atoms with Crippen molar-refractivity contribution in [1.29, 1.82) is 0 Å². The highest BCUT2D eigenvalue weighted by Gasteiger charge is 2.26. The molecule has 0 saturated carbocycles. The second-order valence-electron chi connectivity index (χ2n) is 4.93. The van der Waals surface area contributed by atoms with Crippen LogP contribution in [0.15, 0.2) is 18.2 Å². The van der Waals surface area contributed by atoms with E-state index in [1.165, 1.54) is 0 Å². The van der Waals surface area contributed by atoms with E-state index in [1.807, 2.05) is 18.2 Å². The molecule has 0 spiro atoms. The molecule has 1 fully saturated rings. The topological polar surface area (TPSA) is 33.7 Å². The van der Waals surface area contributed by atoms with Crippen molar-refractivity contribution < 1.29 is 9.47 Å². The number of nitrogens with zero attached hydrogens (tertiary/aromatic N) is 1. The molecule has 1 aliphatic heterocycles. The minimum Gasteiger partial charge on any atom is -0.497 e. The number of benzene rings is 1. The minimum atomic E-state index is 0.479. The van der Waals surface area contributed by atoms with Gasteiger partial charge in [-0.25, -0.2) is 0 Å². The van der Waals surface area contributed by atoms with Gasteiger partial charge >= 0.3 is 0 Å². The molecule has 2 atom stereocenters. The smallest absolute Gasteiger partial charge is 0.145 e. The zero-order chi connectivity index (χ0) is 13.1. The van der Waals surface area contributed by atoms with Crippen LogP contribution in [0, 0.1) is 0 Å². The molecule has 1 heterocycles. The number of methoxy groups -OCH3 is 2. The molecule has 0 radical (unpaired) electrons. The molecule has 1 aliphatic rings. The van der Waals surface area contributed by atoms with Gasteiger partial charge in [-0.15, -0.1) is 0 Å². The normalized spacial score (nSPS) is 24.0. The molecule has 100 valence electrons. The fraction of sp³-hybridized carbons (Fsp3) is 0.571. The number of hydrogen-bond acceptors (Lipinski definition) is 4. The Balaban J connectivity index is 2.09. The Morgan fingerprint density at radius 1 is 1.28 bits per heavy atom. The zero-order valence-electron chi connectivity index (χ0n) is 11.6. The average molecular weight is 250 g/mol. The molecule has 0 aromatic heterocycles. The highest BCUT2D eigenvalue weighted by atomic mass is 16.5. The average Bonchev–Trinajstić information content (AvgIpc) is 2.69. The molecular formula is C14H22N2O2. The molecule has 1 aromatic carbocycles. The van der Waals surface area contributed by atoms with Crippen molar-refractivity contribution in [3.8, 4) is 11.5 Å². The van der Waals surface area contributed by atoms with E-state index in [-0.39, 0.29) is 0 Å². The number of likely N-dealkylation sites (N-methyl/N-ethyl adjacent to an activating group) is 1. The van der Waals surface area contributed by atoms with Crippen LogP contribution < -0.4 is 14.8 Å². The van der Waals surface area contributed by atoms with Crippen LogP contribution in [-0.2, 0) is 0 Å². The van der Waals surface area contributed by atoms with Crippen molar-refractivity contribution in [3.63, 3.8) is 0 Å². The predicted molar refractivity (Wildman–Crippen MR) is 73.7 cm³/mol. The van der Waals surface area contributed by atoms with Crippen LogP contribution in [0.4, 0.5) is 5.69 Å². The first kappa shape index (κ1) is 13.0. The first-order valence-corrected chi connectivity index (χ1v) is 6.33. The van der Waals surface area contributed by atoms with Crippen molar-refractivity contribution in [2.24, 2.45) is 0 Å². The summed E-state index contributed by atoms with van der Waals surface area (Å²) in [5, 5.41) is 3.55. The summed E-state index contributed by atoms with van der Waals surface area (Å²) in [7, 11) is 5.51. The van der Waals surface area contributed by atoms with E-state index in [0.717, 1.165) is 30.2 Å². The van der Waals surface area contributed by atoms with E-state index in [9.17, 15) is 0 Å². The van der Waals surface area contributed by atoms with Crippen LogP contribution in [0.3, 0.4) is 0 Å². The van der Waals surface area contributed by atoms with Crippen LogP contribution in [0.25, 0.3) is 0 Å². The van der Waals surface area contributed by atoms with Gasteiger partial charge in [0.25, 0.3) is 0 Å². The third kappa shape index (κ3) is 2.70. The van der Waals surface area contributed by atoms with Crippen LogP contribution in [0.5, 0.6) is 11.5 Å². The Bertz CT molecular complexity index is 399. The molecule has 4 heteroatoms. The van der Waals surface area contributed by atoms with E-state index >= 15 is 0 Å². The van der Waals surface area contributed by atoms with E-state index < -0.39 is 0 Å². The van der Waals surface area contributed by atoms with Crippen molar-refractivity contribution >= 4 is 5.69 Å². The SMILES string of the molecule is COc1ccc(NC2CC(C)N(C)C2)c(OC)c1. The first-order valence-electron chi connectivity index (χ1n) is 6.33. The van der Waals surface area contributed by atoms with Gasteiger partial charge in [0.1, 0.15) is 11.5 Å². The van der Waals surface area contributed by atoms with Gasteiger partial charge in [-0.2, -0.15) is 0 Å². The quantitative estimate of drug-likeness (QED) is 0.888. The third-order valence-corrected chi connectivity index (χ3v) is 3.65. The fourth-order valence-corrected chi connectivity index (χ4v) is 2.44. The van der Waals surface area contributed by atoms with Gasteiger partial charge in [0.05, 0.1) is 19.9 Å². The number of nitrogens with one attached hydrogen (secondary N) is 1. The van der Waals surface area contributed by atoms with Gasteiger partial charge in [0.15, 0.2) is 0 Å². The Hall–Kier alpha value is -1.42. The second kappa shape index (κ2) is 5.48. The minimum absolute atomic E-state index is 0.479. The van der Waals surface area contributed by atoms with E-state index in [1.54, 1.807) is 14.2 Å². The second-order valence-corrected chi connectivity index (χ2v) is 4.93. The lowest BCUT2D eigenvalue weighted by Crippen LogP contribution is -2.25. The van der Waals surface area contributed by atoms with Gasteiger partial charge < -0.3 is 19.7 Å². The zero-order valence-corrected chi connectivity index (χ0v) is 11.6. The van der Waals surface area contributed by atoms with Gasteiger partial charge in [-0.1, -0.05) is 0 Å². The summed E-state index contributed by atoms with van der Waals surface area (Å²) < 4.78 is 10.6. The maximum atomic E-state index is 5.40.